The molecule has 0 fully saturated rings. The molecule has 3 nitrogen and oxygen atoms in total. The summed E-state index contributed by atoms with van der Waals surface area (Å²) in [5.74, 6) is -1.91. The lowest BCUT2D eigenvalue weighted by atomic mass is 10.2. The molecule has 0 spiro atoms. The number of carbonyl (C=O) groups is 1. The van der Waals surface area contributed by atoms with E-state index in [1.807, 2.05) is 0 Å². The number of carbonyl (C=O) groups excluding carboxylic acids is 1. The van der Waals surface area contributed by atoms with Crippen LogP contribution in [-0.4, -0.2) is 20.0 Å². The monoisotopic (exact) mass is 312 g/mol. The topological polar surface area (TPSA) is 51.2 Å². The molecular weight excluding hydrogens is 303 g/mol. The molecule has 0 radical (unpaired) electrons. The molecule has 2 aromatic rings. The third-order valence-electron chi connectivity index (χ3n) is 2.67. The third kappa shape index (κ3) is 3.23. The normalized spacial score (nSPS) is 11.3. The smallest absolute Gasteiger partial charge is 0.185 e. The maximum atomic E-state index is 13.0. The van der Waals surface area contributed by atoms with Crippen molar-refractivity contribution in [2.45, 2.75) is 4.90 Å². The van der Waals surface area contributed by atoms with Gasteiger partial charge in [-0.1, -0.05) is 41.9 Å². The zero-order valence-corrected chi connectivity index (χ0v) is 11.8. The SMILES string of the molecule is O=C(CS(=O)(=O)c1ccc(F)c(Cl)c1)c1ccccc1. The van der Waals surface area contributed by atoms with Crippen molar-refractivity contribution in [2.24, 2.45) is 0 Å². The Bertz CT molecular complexity index is 742. The largest absolute Gasteiger partial charge is 0.293 e. The summed E-state index contributed by atoms with van der Waals surface area (Å²) in [5, 5.41) is -0.293. The molecule has 0 N–H and O–H groups in total. The number of benzene rings is 2. The van der Waals surface area contributed by atoms with Gasteiger partial charge >= 0.3 is 0 Å². The van der Waals surface area contributed by atoms with Gasteiger partial charge in [-0.2, -0.15) is 0 Å². The second-order valence-electron chi connectivity index (χ2n) is 4.12. The van der Waals surface area contributed by atoms with Crippen molar-refractivity contribution in [3.63, 3.8) is 0 Å². The molecular formula is C14H10ClFO3S. The summed E-state index contributed by atoms with van der Waals surface area (Å²) in [6.07, 6.45) is 0. The lowest BCUT2D eigenvalue weighted by Crippen LogP contribution is -2.16. The standard InChI is InChI=1S/C14H10ClFO3S/c15-12-8-11(6-7-13(12)16)20(18,19)9-14(17)10-4-2-1-3-5-10/h1-8H,9H2. The van der Waals surface area contributed by atoms with Crippen LogP contribution < -0.4 is 0 Å². The Labute approximate surface area is 120 Å². The van der Waals surface area contributed by atoms with Gasteiger partial charge in [0.25, 0.3) is 0 Å². The van der Waals surface area contributed by atoms with Crippen molar-refractivity contribution in [3.8, 4) is 0 Å². The van der Waals surface area contributed by atoms with Gasteiger partial charge in [-0.3, -0.25) is 4.79 Å². The Balaban J connectivity index is 2.27. The molecule has 2 rings (SSSR count). The Morgan fingerprint density at radius 2 is 1.75 bits per heavy atom. The van der Waals surface area contributed by atoms with Crippen LogP contribution in [-0.2, 0) is 9.84 Å². The molecule has 0 heterocycles. The molecule has 0 atom stereocenters. The van der Waals surface area contributed by atoms with Gasteiger partial charge < -0.3 is 0 Å². The fourth-order valence-corrected chi connectivity index (χ4v) is 3.13. The molecule has 0 aliphatic carbocycles. The minimum absolute atomic E-state index is 0.173. The zero-order chi connectivity index (χ0) is 14.8. The van der Waals surface area contributed by atoms with E-state index in [9.17, 15) is 17.6 Å². The van der Waals surface area contributed by atoms with E-state index in [4.69, 9.17) is 11.6 Å². The summed E-state index contributed by atoms with van der Waals surface area (Å²) in [6, 6.07) is 11.2. The number of Topliss-reactive ketones (excluding diaryl/α,β-unsaturated/α-hetero) is 1. The van der Waals surface area contributed by atoms with E-state index in [1.54, 1.807) is 18.2 Å². The van der Waals surface area contributed by atoms with Crippen LogP contribution in [0.5, 0.6) is 0 Å². The molecule has 0 bridgehead atoms. The average molecular weight is 313 g/mol. The second-order valence-corrected chi connectivity index (χ2v) is 6.52. The Morgan fingerprint density at radius 3 is 2.35 bits per heavy atom. The van der Waals surface area contributed by atoms with Gasteiger partial charge in [0.15, 0.2) is 15.6 Å². The van der Waals surface area contributed by atoms with Crippen LogP contribution in [0.1, 0.15) is 10.4 Å². The van der Waals surface area contributed by atoms with Gasteiger partial charge in [0.05, 0.1) is 9.92 Å². The van der Waals surface area contributed by atoms with Crippen molar-refractivity contribution in [1.82, 2.24) is 0 Å². The fraction of sp³-hybridized carbons (Fsp3) is 0.0714. The first-order valence-electron chi connectivity index (χ1n) is 5.66. The molecule has 0 aliphatic heterocycles. The number of sulfone groups is 1. The molecule has 20 heavy (non-hydrogen) atoms. The van der Waals surface area contributed by atoms with Gasteiger partial charge in [-0.05, 0) is 18.2 Å². The highest BCUT2D eigenvalue weighted by atomic mass is 35.5. The van der Waals surface area contributed by atoms with Crippen molar-refractivity contribution in [2.75, 3.05) is 5.75 Å². The lowest BCUT2D eigenvalue weighted by molar-refractivity contribution is 0.102. The van der Waals surface area contributed by atoms with E-state index in [-0.39, 0.29) is 9.92 Å². The number of hydrogen-bond donors (Lipinski definition) is 0. The molecule has 104 valence electrons. The van der Waals surface area contributed by atoms with Crippen molar-refractivity contribution in [3.05, 3.63) is 64.9 Å². The van der Waals surface area contributed by atoms with Crippen LogP contribution >= 0.6 is 11.6 Å². The predicted molar refractivity (Wildman–Crippen MR) is 74.2 cm³/mol. The molecule has 6 heteroatoms. The highest BCUT2D eigenvalue weighted by Crippen LogP contribution is 2.21. The van der Waals surface area contributed by atoms with E-state index in [2.05, 4.69) is 0 Å². The summed E-state index contributed by atoms with van der Waals surface area (Å²) < 4.78 is 37.2. The summed E-state index contributed by atoms with van der Waals surface area (Å²) >= 11 is 5.55. The molecule has 0 saturated carbocycles. The maximum Gasteiger partial charge on any atom is 0.185 e. The average Bonchev–Trinajstić information content (AvgIpc) is 2.42. The maximum absolute atomic E-state index is 13.0. The molecule has 0 aromatic heterocycles. The van der Waals surface area contributed by atoms with Crippen LogP contribution in [0.4, 0.5) is 4.39 Å². The zero-order valence-electron chi connectivity index (χ0n) is 10.2. The van der Waals surface area contributed by atoms with Crippen LogP contribution in [0, 0.1) is 5.82 Å². The second kappa shape index (κ2) is 5.73. The summed E-state index contributed by atoms with van der Waals surface area (Å²) in [7, 11) is -3.85. The quantitative estimate of drug-likeness (QED) is 0.644. The van der Waals surface area contributed by atoms with Crippen LogP contribution in [0.15, 0.2) is 53.4 Å². The fourth-order valence-electron chi connectivity index (χ4n) is 1.63. The Kier molecular flexibility index (Phi) is 4.20. The number of rotatable bonds is 4. The van der Waals surface area contributed by atoms with E-state index < -0.39 is 27.2 Å². The molecule has 2 aromatic carbocycles. The van der Waals surface area contributed by atoms with Crippen molar-refractivity contribution in [1.29, 1.82) is 0 Å². The van der Waals surface area contributed by atoms with Gasteiger partial charge in [0, 0.05) is 5.56 Å². The van der Waals surface area contributed by atoms with E-state index in [0.717, 1.165) is 18.2 Å². The van der Waals surface area contributed by atoms with Crippen LogP contribution in [0.3, 0.4) is 0 Å². The van der Waals surface area contributed by atoms with Crippen molar-refractivity contribution < 1.29 is 17.6 Å². The van der Waals surface area contributed by atoms with E-state index >= 15 is 0 Å². The van der Waals surface area contributed by atoms with Gasteiger partial charge in [0.1, 0.15) is 11.6 Å². The van der Waals surface area contributed by atoms with Crippen LogP contribution in [0.25, 0.3) is 0 Å². The molecule has 0 saturated heterocycles. The van der Waals surface area contributed by atoms with E-state index in [1.165, 1.54) is 12.1 Å². The summed E-state index contributed by atoms with van der Waals surface area (Å²) in [4.78, 5) is 11.7. The minimum Gasteiger partial charge on any atom is -0.293 e. The first-order valence-corrected chi connectivity index (χ1v) is 7.69. The Morgan fingerprint density at radius 1 is 1.10 bits per heavy atom. The highest BCUT2D eigenvalue weighted by Gasteiger charge is 2.21. The third-order valence-corrected chi connectivity index (χ3v) is 4.57. The minimum atomic E-state index is -3.85. The molecule has 0 unspecified atom stereocenters. The predicted octanol–water partition coefficient (Wildman–Crippen LogP) is 3.14. The van der Waals surface area contributed by atoms with Crippen molar-refractivity contribution >= 4 is 27.2 Å². The molecule has 0 aliphatic rings. The van der Waals surface area contributed by atoms with Gasteiger partial charge in [-0.25, -0.2) is 12.8 Å². The summed E-state index contributed by atoms with van der Waals surface area (Å²) in [6.45, 7) is 0. The lowest BCUT2D eigenvalue weighted by Gasteiger charge is -2.05. The number of ketones is 1. The number of halogens is 2. The van der Waals surface area contributed by atoms with Crippen LogP contribution in [0.2, 0.25) is 5.02 Å². The van der Waals surface area contributed by atoms with E-state index in [0.29, 0.717) is 5.56 Å². The Hall–Kier alpha value is -1.72. The molecule has 0 amide bonds. The highest BCUT2D eigenvalue weighted by molar-refractivity contribution is 7.92. The van der Waals surface area contributed by atoms with Gasteiger partial charge in [-0.15, -0.1) is 0 Å². The first kappa shape index (κ1) is 14.7. The first-order chi connectivity index (χ1) is 9.40. The summed E-state index contributed by atoms with van der Waals surface area (Å²) in [5.41, 5.74) is 0.310. The van der Waals surface area contributed by atoms with Gasteiger partial charge in [0.2, 0.25) is 0 Å². The number of hydrogen-bond acceptors (Lipinski definition) is 3.